The van der Waals surface area contributed by atoms with Crippen molar-refractivity contribution in [1.29, 1.82) is 0 Å². The number of aromatic amines is 1. The Hall–Kier alpha value is -2.05. The molecule has 0 aliphatic carbocycles. The number of nitrogens with zero attached hydrogens (tertiary/aromatic N) is 2. The maximum absolute atomic E-state index is 11.8. The predicted octanol–water partition coefficient (Wildman–Crippen LogP) is 0.594. The smallest absolute Gasteiger partial charge is 0.321 e. The average molecular weight is 238 g/mol. The minimum absolute atomic E-state index is 0.0254. The Morgan fingerprint density at radius 1 is 1.59 bits per heavy atom. The molecular weight excluding hydrogens is 224 g/mol. The molecule has 0 spiro atoms. The number of hydrogen-bond acceptors (Lipinski definition) is 3. The largest absolute Gasteiger partial charge is 0.481 e. The van der Waals surface area contributed by atoms with Crippen LogP contribution in [0.15, 0.2) is 12.4 Å². The third kappa shape index (κ3) is 2.38. The highest BCUT2D eigenvalue weighted by atomic mass is 16.4. The van der Waals surface area contributed by atoms with Crippen LogP contribution in [-0.4, -0.2) is 45.3 Å². The van der Waals surface area contributed by atoms with Crippen molar-refractivity contribution in [2.45, 2.75) is 6.92 Å². The standard InChI is InChI=1S/C10H14N4O3/c1-6-4-14(5-8(6)9(15)16)10(17)13-7-2-11-12-3-7/h2-3,6,8H,4-5H2,1H3,(H,11,12)(H,13,17)(H,15,16). The van der Waals surface area contributed by atoms with E-state index in [1.54, 1.807) is 6.20 Å². The number of amides is 2. The van der Waals surface area contributed by atoms with Crippen LogP contribution in [0, 0.1) is 11.8 Å². The van der Waals surface area contributed by atoms with Crippen molar-refractivity contribution in [2.75, 3.05) is 18.4 Å². The zero-order valence-corrected chi connectivity index (χ0v) is 9.38. The number of rotatable bonds is 2. The summed E-state index contributed by atoms with van der Waals surface area (Å²) in [5.74, 6) is -1.36. The van der Waals surface area contributed by atoms with Crippen LogP contribution < -0.4 is 5.32 Å². The fraction of sp³-hybridized carbons (Fsp3) is 0.500. The van der Waals surface area contributed by atoms with Crippen LogP contribution in [0.1, 0.15) is 6.92 Å². The molecule has 1 aromatic rings. The van der Waals surface area contributed by atoms with E-state index < -0.39 is 11.9 Å². The number of aromatic nitrogens is 2. The Morgan fingerprint density at radius 2 is 2.35 bits per heavy atom. The van der Waals surface area contributed by atoms with E-state index in [1.165, 1.54) is 11.1 Å². The first-order valence-electron chi connectivity index (χ1n) is 5.35. The quantitative estimate of drug-likeness (QED) is 0.702. The molecule has 7 heteroatoms. The summed E-state index contributed by atoms with van der Waals surface area (Å²) >= 11 is 0. The van der Waals surface area contributed by atoms with E-state index in [-0.39, 0.29) is 18.5 Å². The van der Waals surface area contributed by atoms with E-state index >= 15 is 0 Å². The number of anilines is 1. The molecular formula is C10H14N4O3. The van der Waals surface area contributed by atoms with Crippen molar-refractivity contribution in [3.63, 3.8) is 0 Å². The Bertz CT molecular complexity index is 417. The van der Waals surface area contributed by atoms with Gasteiger partial charge in [0.2, 0.25) is 0 Å². The van der Waals surface area contributed by atoms with Gasteiger partial charge in [-0.3, -0.25) is 9.89 Å². The second-order valence-corrected chi connectivity index (χ2v) is 4.24. The third-order valence-electron chi connectivity index (χ3n) is 2.97. The van der Waals surface area contributed by atoms with Crippen molar-refractivity contribution in [3.05, 3.63) is 12.4 Å². The Morgan fingerprint density at radius 3 is 2.88 bits per heavy atom. The molecule has 92 valence electrons. The van der Waals surface area contributed by atoms with Gasteiger partial charge >= 0.3 is 12.0 Å². The van der Waals surface area contributed by atoms with Crippen LogP contribution in [-0.2, 0) is 4.79 Å². The summed E-state index contributed by atoms with van der Waals surface area (Å²) in [6, 6.07) is -0.290. The fourth-order valence-electron chi connectivity index (χ4n) is 1.98. The monoisotopic (exact) mass is 238 g/mol. The molecule has 0 aromatic carbocycles. The molecule has 7 nitrogen and oxygen atoms in total. The predicted molar refractivity (Wildman–Crippen MR) is 59.5 cm³/mol. The first kappa shape index (κ1) is 11.4. The molecule has 2 rings (SSSR count). The summed E-state index contributed by atoms with van der Waals surface area (Å²) in [5, 5.41) is 17.9. The fourth-order valence-corrected chi connectivity index (χ4v) is 1.98. The summed E-state index contributed by atoms with van der Waals surface area (Å²) in [6.07, 6.45) is 3.05. The van der Waals surface area contributed by atoms with Crippen LogP contribution in [0.3, 0.4) is 0 Å². The minimum atomic E-state index is -0.851. The molecule has 3 N–H and O–H groups in total. The second-order valence-electron chi connectivity index (χ2n) is 4.24. The number of H-pyrrole nitrogens is 1. The van der Waals surface area contributed by atoms with Gasteiger partial charge < -0.3 is 15.3 Å². The van der Waals surface area contributed by atoms with Gasteiger partial charge in [-0.15, -0.1) is 0 Å². The number of likely N-dealkylation sites (tertiary alicyclic amines) is 1. The van der Waals surface area contributed by atoms with E-state index in [0.717, 1.165) is 0 Å². The van der Waals surface area contributed by atoms with E-state index in [9.17, 15) is 9.59 Å². The number of carboxylic acid groups (broad SMARTS) is 1. The van der Waals surface area contributed by atoms with E-state index in [0.29, 0.717) is 12.2 Å². The number of carboxylic acids is 1. The number of carbonyl (C=O) groups excluding carboxylic acids is 1. The molecule has 2 atom stereocenters. The zero-order chi connectivity index (χ0) is 12.4. The maximum Gasteiger partial charge on any atom is 0.321 e. The van der Waals surface area contributed by atoms with E-state index in [1.807, 2.05) is 6.92 Å². The van der Waals surface area contributed by atoms with Gasteiger partial charge in [0.25, 0.3) is 0 Å². The Balaban J connectivity index is 1.96. The highest BCUT2D eigenvalue weighted by Gasteiger charge is 2.36. The molecule has 1 aliphatic heterocycles. The van der Waals surface area contributed by atoms with Gasteiger partial charge in [0.1, 0.15) is 0 Å². The lowest BCUT2D eigenvalue weighted by Crippen LogP contribution is -2.33. The lowest BCUT2D eigenvalue weighted by Gasteiger charge is -2.15. The average Bonchev–Trinajstić information content (AvgIpc) is 2.86. The molecule has 2 heterocycles. The first-order chi connectivity index (χ1) is 8.08. The SMILES string of the molecule is CC1CN(C(=O)Nc2cn[nH]c2)CC1C(=O)O. The van der Waals surface area contributed by atoms with Gasteiger partial charge in [0, 0.05) is 19.3 Å². The van der Waals surface area contributed by atoms with E-state index in [4.69, 9.17) is 5.11 Å². The van der Waals surface area contributed by atoms with Crippen LogP contribution in [0.2, 0.25) is 0 Å². The van der Waals surface area contributed by atoms with Crippen LogP contribution in [0.5, 0.6) is 0 Å². The van der Waals surface area contributed by atoms with Gasteiger partial charge in [0.05, 0.1) is 17.8 Å². The van der Waals surface area contributed by atoms with Crippen LogP contribution in [0.25, 0.3) is 0 Å². The van der Waals surface area contributed by atoms with Gasteiger partial charge in [-0.1, -0.05) is 6.92 Å². The third-order valence-corrected chi connectivity index (χ3v) is 2.97. The number of hydrogen-bond donors (Lipinski definition) is 3. The summed E-state index contributed by atoms with van der Waals surface area (Å²) < 4.78 is 0. The number of urea groups is 1. The maximum atomic E-state index is 11.8. The number of carbonyl (C=O) groups is 2. The minimum Gasteiger partial charge on any atom is -0.481 e. The molecule has 2 amide bonds. The zero-order valence-electron chi connectivity index (χ0n) is 9.38. The van der Waals surface area contributed by atoms with Gasteiger partial charge in [-0.05, 0) is 5.92 Å². The molecule has 0 bridgehead atoms. The Labute approximate surface area is 97.8 Å². The van der Waals surface area contributed by atoms with Gasteiger partial charge in [0.15, 0.2) is 0 Å². The summed E-state index contributed by atoms with van der Waals surface area (Å²) in [6.45, 7) is 2.55. The molecule has 1 saturated heterocycles. The van der Waals surface area contributed by atoms with Crippen molar-refractivity contribution >= 4 is 17.7 Å². The molecule has 1 fully saturated rings. The molecule has 0 saturated carbocycles. The summed E-state index contributed by atoms with van der Waals surface area (Å²) in [4.78, 5) is 24.2. The second kappa shape index (κ2) is 4.44. The summed E-state index contributed by atoms with van der Waals surface area (Å²) in [5.41, 5.74) is 0.571. The topological polar surface area (TPSA) is 98.3 Å². The van der Waals surface area contributed by atoms with Crippen molar-refractivity contribution in [2.24, 2.45) is 11.8 Å². The molecule has 17 heavy (non-hydrogen) atoms. The van der Waals surface area contributed by atoms with Gasteiger partial charge in [-0.2, -0.15) is 5.10 Å². The summed E-state index contributed by atoms with van der Waals surface area (Å²) in [7, 11) is 0. The van der Waals surface area contributed by atoms with Crippen molar-refractivity contribution in [1.82, 2.24) is 15.1 Å². The Kier molecular flexibility index (Phi) is 2.99. The normalized spacial score (nSPS) is 23.7. The molecule has 0 radical (unpaired) electrons. The number of aliphatic carboxylic acids is 1. The number of nitrogens with one attached hydrogen (secondary N) is 2. The molecule has 1 aliphatic rings. The molecule has 2 unspecified atom stereocenters. The van der Waals surface area contributed by atoms with Gasteiger partial charge in [-0.25, -0.2) is 4.79 Å². The van der Waals surface area contributed by atoms with E-state index in [2.05, 4.69) is 15.5 Å². The highest BCUT2D eigenvalue weighted by Crippen LogP contribution is 2.23. The lowest BCUT2D eigenvalue weighted by molar-refractivity contribution is -0.142. The lowest BCUT2D eigenvalue weighted by atomic mass is 9.99. The van der Waals surface area contributed by atoms with Crippen LogP contribution >= 0.6 is 0 Å². The molecule has 1 aromatic heterocycles. The highest BCUT2D eigenvalue weighted by molar-refractivity contribution is 5.89. The van der Waals surface area contributed by atoms with Crippen molar-refractivity contribution < 1.29 is 14.7 Å². The van der Waals surface area contributed by atoms with Crippen LogP contribution in [0.4, 0.5) is 10.5 Å². The first-order valence-corrected chi connectivity index (χ1v) is 5.35. The van der Waals surface area contributed by atoms with Crippen molar-refractivity contribution in [3.8, 4) is 0 Å².